The molecule has 25 heavy (non-hydrogen) atoms. The van der Waals surface area contributed by atoms with Gasteiger partial charge in [-0.15, -0.1) is 0 Å². The number of methoxy groups -OCH3 is 1. The van der Waals surface area contributed by atoms with Crippen LogP contribution in [0.2, 0.25) is 0 Å². The van der Waals surface area contributed by atoms with Crippen LogP contribution in [-0.4, -0.2) is 66.8 Å². The first-order chi connectivity index (χ1) is 12.0. The van der Waals surface area contributed by atoms with Gasteiger partial charge in [0.2, 0.25) is 5.96 Å². The van der Waals surface area contributed by atoms with E-state index in [0.29, 0.717) is 12.5 Å². The first kappa shape index (κ1) is 16.7. The third-order valence-electron chi connectivity index (χ3n) is 4.20. The zero-order valence-electron chi connectivity index (χ0n) is 14.3. The zero-order valence-corrected chi connectivity index (χ0v) is 14.3. The zero-order chi connectivity index (χ0) is 18.0. The van der Waals surface area contributed by atoms with E-state index in [1.165, 1.54) is 4.90 Å². The van der Waals surface area contributed by atoms with Crippen LogP contribution in [0.5, 0.6) is 5.75 Å². The molecule has 1 aromatic rings. The number of guanidine groups is 1. The molecule has 0 aliphatic carbocycles. The second-order valence-corrected chi connectivity index (χ2v) is 5.65. The molecule has 0 radical (unpaired) electrons. The number of hydrogen-bond acceptors (Lipinski definition) is 7. The van der Waals surface area contributed by atoms with Gasteiger partial charge in [0.1, 0.15) is 5.75 Å². The van der Waals surface area contributed by atoms with Crippen LogP contribution in [-0.2, 0) is 4.79 Å². The molecule has 2 unspecified atom stereocenters. The van der Waals surface area contributed by atoms with Crippen LogP contribution in [0.3, 0.4) is 0 Å². The van der Waals surface area contributed by atoms with E-state index >= 15 is 0 Å². The van der Waals surface area contributed by atoms with Gasteiger partial charge < -0.3 is 14.5 Å². The third kappa shape index (κ3) is 3.12. The van der Waals surface area contributed by atoms with Crippen molar-refractivity contribution in [1.29, 1.82) is 0 Å². The number of fused-ring (bicyclic) bond motifs is 1. The van der Waals surface area contributed by atoms with E-state index in [9.17, 15) is 9.59 Å². The van der Waals surface area contributed by atoms with Crippen LogP contribution in [0, 0.1) is 0 Å². The molecular formula is C16H20N6O3. The Labute approximate surface area is 145 Å². The van der Waals surface area contributed by atoms with Gasteiger partial charge in [0.15, 0.2) is 12.2 Å². The molecule has 3 amide bonds. The van der Waals surface area contributed by atoms with Crippen LogP contribution in [0.1, 0.15) is 12.5 Å². The molecular weight excluding hydrogens is 324 g/mol. The fourth-order valence-corrected chi connectivity index (χ4v) is 2.82. The van der Waals surface area contributed by atoms with Gasteiger partial charge in [0, 0.05) is 13.6 Å². The number of nitrogens with zero attached hydrogens (tertiary/aromatic N) is 4. The summed E-state index contributed by atoms with van der Waals surface area (Å²) in [6, 6.07) is 6.42. The molecule has 2 atom stereocenters. The standard InChI is InChI=1S/C16H20N6O3/c1-4-22-12-13(21(2)16(24)19-14(12)23)18-15(22)20-17-9-10-5-7-11(25-3)8-6-10/h5-9,12-13H,4H2,1-3H3,(H,18,20)(H,19,23,24)/b17-9+. The molecule has 2 aliphatic rings. The van der Waals surface area contributed by atoms with Crippen molar-refractivity contribution in [3.63, 3.8) is 0 Å². The number of urea groups is 1. The van der Waals surface area contributed by atoms with Gasteiger partial charge in [-0.1, -0.05) is 0 Å². The van der Waals surface area contributed by atoms with E-state index in [0.717, 1.165) is 11.3 Å². The van der Waals surface area contributed by atoms with Crippen LogP contribution >= 0.6 is 0 Å². The lowest BCUT2D eigenvalue weighted by Crippen LogP contribution is -2.64. The Balaban J connectivity index is 1.73. The minimum Gasteiger partial charge on any atom is -0.497 e. The fourth-order valence-electron chi connectivity index (χ4n) is 2.82. The Morgan fingerprint density at radius 3 is 2.72 bits per heavy atom. The van der Waals surface area contributed by atoms with Crippen molar-refractivity contribution >= 4 is 24.1 Å². The largest absolute Gasteiger partial charge is 0.497 e. The van der Waals surface area contributed by atoms with Crippen molar-refractivity contribution in [2.24, 2.45) is 10.1 Å². The minimum absolute atomic E-state index is 0.352. The molecule has 0 saturated carbocycles. The van der Waals surface area contributed by atoms with Crippen molar-refractivity contribution in [2.45, 2.75) is 19.1 Å². The molecule has 2 N–H and O–H groups in total. The second-order valence-electron chi connectivity index (χ2n) is 5.65. The molecule has 1 fully saturated rings. The summed E-state index contributed by atoms with van der Waals surface area (Å²) in [6.07, 6.45) is 1.09. The Bertz CT molecular complexity index is 730. The first-order valence-electron chi connectivity index (χ1n) is 7.90. The van der Waals surface area contributed by atoms with E-state index < -0.39 is 18.2 Å². The van der Waals surface area contributed by atoms with Gasteiger partial charge in [-0.25, -0.2) is 15.2 Å². The number of aliphatic imine (C=N–C) groups is 1. The number of ether oxygens (including phenoxy) is 1. The molecule has 9 heteroatoms. The smallest absolute Gasteiger partial charge is 0.325 e. The predicted molar refractivity (Wildman–Crippen MR) is 92.4 cm³/mol. The number of hydrazone groups is 1. The number of imide groups is 1. The molecule has 132 valence electrons. The maximum atomic E-state index is 12.2. The first-order valence-corrected chi connectivity index (χ1v) is 7.90. The molecule has 0 spiro atoms. The van der Waals surface area contributed by atoms with Crippen LogP contribution in [0.4, 0.5) is 4.79 Å². The number of rotatable bonds is 4. The molecule has 1 aromatic carbocycles. The number of likely N-dealkylation sites (N-methyl/N-ethyl adjacent to an activating group) is 2. The highest BCUT2D eigenvalue weighted by Gasteiger charge is 2.48. The van der Waals surface area contributed by atoms with Gasteiger partial charge in [-0.05, 0) is 36.8 Å². The highest BCUT2D eigenvalue weighted by molar-refractivity contribution is 6.03. The minimum atomic E-state index is -0.556. The summed E-state index contributed by atoms with van der Waals surface area (Å²) in [5.74, 6) is 0.874. The van der Waals surface area contributed by atoms with Crippen LogP contribution < -0.4 is 15.5 Å². The van der Waals surface area contributed by atoms with E-state index in [1.54, 1.807) is 25.3 Å². The van der Waals surface area contributed by atoms with Gasteiger partial charge >= 0.3 is 6.03 Å². The van der Waals surface area contributed by atoms with Crippen LogP contribution in [0.15, 0.2) is 34.4 Å². The maximum absolute atomic E-state index is 12.2. The highest BCUT2D eigenvalue weighted by Crippen LogP contribution is 2.22. The number of benzene rings is 1. The second kappa shape index (κ2) is 6.80. The number of carbonyl (C=O) groups excluding carboxylic acids is 2. The summed E-state index contributed by atoms with van der Waals surface area (Å²) < 4.78 is 5.11. The number of nitrogens with one attached hydrogen (secondary N) is 2. The summed E-state index contributed by atoms with van der Waals surface area (Å²) >= 11 is 0. The topological polar surface area (TPSA) is 98.6 Å². The van der Waals surface area contributed by atoms with E-state index in [2.05, 4.69) is 20.8 Å². The number of carbonyl (C=O) groups is 2. The van der Waals surface area contributed by atoms with Gasteiger partial charge in [0.25, 0.3) is 5.91 Å². The molecule has 2 aliphatic heterocycles. The number of amides is 3. The molecule has 3 rings (SSSR count). The van der Waals surface area contributed by atoms with Crippen molar-refractivity contribution in [1.82, 2.24) is 20.5 Å². The molecule has 0 aromatic heterocycles. The lowest BCUT2D eigenvalue weighted by molar-refractivity contribution is -0.127. The van der Waals surface area contributed by atoms with Gasteiger partial charge in [0.05, 0.1) is 13.3 Å². The Kier molecular flexibility index (Phi) is 4.55. The molecule has 9 nitrogen and oxygen atoms in total. The van der Waals surface area contributed by atoms with Crippen LogP contribution in [0.25, 0.3) is 0 Å². The van der Waals surface area contributed by atoms with Gasteiger partial charge in [-0.3, -0.25) is 10.1 Å². The Morgan fingerprint density at radius 2 is 2.08 bits per heavy atom. The summed E-state index contributed by atoms with van der Waals surface area (Å²) in [5, 5.41) is 6.51. The number of hydrogen-bond donors (Lipinski definition) is 2. The SMILES string of the molecule is CCN1C(N/N=C/c2ccc(OC)cc2)=NC2C1C(=O)NC(=O)N2C. The highest BCUT2D eigenvalue weighted by atomic mass is 16.5. The Hall–Kier alpha value is -3.10. The lowest BCUT2D eigenvalue weighted by atomic mass is 10.1. The maximum Gasteiger partial charge on any atom is 0.325 e. The van der Waals surface area contributed by atoms with E-state index in [1.807, 2.05) is 31.2 Å². The molecule has 0 bridgehead atoms. The average molecular weight is 344 g/mol. The van der Waals surface area contributed by atoms with Crippen molar-refractivity contribution < 1.29 is 14.3 Å². The van der Waals surface area contributed by atoms with Gasteiger partial charge in [-0.2, -0.15) is 5.10 Å². The third-order valence-corrected chi connectivity index (χ3v) is 4.20. The fraction of sp³-hybridized carbons (Fsp3) is 0.375. The molecule has 2 heterocycles. The van der Waals surface area contributed by atoms with Crippen molar-refractivity contribution in [3.05, 3.63) is 29.8 Å². The quantitative estimate of drug-likeness (QED) is 0.600. The summed E-state index contributed by atoms with van der Waals surface area (Å²) in [4.78, 5) is 31.5. The van der Waals surface area contributed by atoms with E-state index in [4.69, 9.17) is 4.74 Å². The molecule has 1 saturated heterocycles. The lowest BCUT2D eigenvalue weighted by Gasteiger charge is -2.35. The van der Waals surface area contributed by atoms with E-state index in [-0.39, 0.29) is 5.91 Å². The predicted octanol–water partition coefficient (Wildman–Crippen LogP) is 0.187. The van der Waals surface area contributed by atoms with Crippen molar-refractivity contribution in [3.8, 4) is 5.75 Å². The Morgan fingerprint density at radius 1 is 1.36 bits per heavy atom. The summed E-state index contributed by atoms with van der Waals surface area (Å²) in [6.45, 7) is 2.47. The summed E-state index contributed by atoms with van der Waals surface area (Å²) in [7, 11) is 3.22. The average Bonchev–Trinajstić information content (AvgIpc) is 2.99. The summed E-state index contributed by atoms with van der Waals surface area (Å²) in [5.41, 5.74) is 3.75. The van der Waals surface area contributed by atoms with Crippen molar-refractivity contribution in [2.75, 3.05) is 20.7 Å². The monoisotopic (exact) mass is 344 g/mol. The normalized spacial score (nSPS) is 22.8.